The maximum Gasteiger partial charge on any atom is 0.241 e. The van der Waals surface area contributed by atoms with Crippen molar-refractivity contribution in [1.29, 1.82) is 0 Å². The van der Waals surface area contributed by atoms with Crippen molar-refractivity contribution in [2.45, 2.75) is 31.8 Å². The second-order valence-electron chi connectivity index (χ2n) is 4.46. The van der Waals surface area contributed by atoms with Crippen molar-refractivity contribution < 1.29 is 8.42 Å². The van der Waals surface area contributed by atoms with E-state index in [4.69, 9.17) is 5.73 Å². The molecule has 7 heteroatoms. The van der Waals surface area contributed by atoms with Gasteiger partial charge in [-0.3, -0.25) is 4.98 Å². The molecule has 0 atom stereocenters. The van der Waals surface area contributed by atoms with E-state index < -0.39 is 10.0 Å². The second-order valence-corrected chi connectivity index (χ2v) is 7.54. The molecule has 0 aliphatic rings. The number of hydrogen-bond donors (Lipinski definition) is 2. The molecule has 0 saturated heterocycles. The molecule has 0 bridgehead atoms. The van der Waals surface area contributed by atoms with Crippen LogP contribution >= 0.6 is 11.3 Å². The summed E-state index contributed by atoms with van der Waals surface area (Å²) in [4.78, 5) is 5.93. The van der Waals surface area contributed by atoms with Gasteiger partial charge in [-0.1, -0.05) is 0 Å². The van der Waals surface area contributed by atoms with Gasteiger partial charge < -0.3 is 5.73 Å². The smallest absolute Gasteiger partial charge is 0.241 e. The third-order valence-electron chi connectivity index (χ3n) is 3.01. The maximum absolute atomic E-state index is 12.3. The number of rotatable bonds is 5. The van der Waals surface area contributed by atoms with Crippen LogP contribution in [0.5, 0.6) is 0 Å². The van der Waals surface area contributed by atoms with Crippen molar-refractivity contribution in [3.05, 3.63) is 45.4 Å². The molecule has 0 spiro atoms. The summed E-state index contributed by atoms with van der Waals surface area (Å²) < 4.78 is 27.2. The number of sulfonamides is 1. The fourth-order valence-corrected chi connectivity index (χ4v) is 4.34. The topological polar surface area (TPSA) is 85.1 Å². The van der Waals surface area contributed by atoms with Crippen LogP contribution in [0.15, 0.2) is 29.4 Å². The third-order valence-corrected chi connectivity index (χ3v) is 5.74. The van der Waals surface area contributed by atoms with E-state index in [1.807, 2.05) is 13.0 Å². The van der Waals surface area contributed by atoms with Crippen molar-refractivity contribution in [1.82, 2.24) is 9.71 Å². The van der Waals surface area contributed by atoms with Crippen molar-refractivity contribution in [3.63, 3.8) is 0 Å². The summed E-state index contributed by atoms with van der Waals surface area (Å²) in [5.74, 6) is 0. The highest BCUT2D eigenvalue weighted by molar-refractivity contribution is 7.89. The highest BCUT2D eigenvalue weighted by atomic mass is 32.2. The zero-order valence-electron chi connectivity index (χ0n) is 11.4. The lowest BCUT2D eigenvalue weighted by Gasteiger charge is -2.08. The minimum atomic E-state index is -3.52. The molecule has 3 N–H and O–H groups in total. The SMILES string of the molecule is Cc1ccncc1CNS(=O)(=O)c1cc(CN)sc1C. The average molecular weight is 311 g/mol. The van der Waals surface area contributed by atoms with E-state index >= 15 is 0 Å². The van der Waals surface area contributed by atoms with E-state index in [-0.39, 0.29) is 6.54 Å². The summed E-state index contributed by atoms with van der Waals surface area (Å²) in [7, 11) is -3.52. The average Bonchev–Trinajstić information content (AvgIpc) is 2.80. The molecular weight excluding hydrogens is 294 g/mol. The Bertz CT molecular complexity index is 708. The molecule has 0 amide bonds. The van der Waals surface area contributed by atoms with Crippen LogP contribution in [0.2, 0.25) is 0 Å². The first-order valence-corrected chi connectivity index (χ1v) is 8.42. The lowest BCUT2D eigenvalue weighted by molar-refractivity contribution is 0.581. The number of nitrogens with one attached hydrogen (secondary N) is 1. The summed E-state index contributed by atoms with van der Waals surface area (Å²) in [5, 5.41) is 0. The van der Waals surface area contributed by atoms with E-state index in [2.05, 4.69) is 9.71 Å². The van der Waals surface area contributed by atoms with Crippen LogP contribution in [0, 0.1) is 13.8 Å². The van der Waals surface area contributed by atoms with E-state index in [0.29, 0.717) is 11.4 Å². The van der Waals surface area contributed by atoms with Gasteiger partial charge in [0.25, 0.3) is 0 Å². The first-order valence-electron chi connectivity index (χ1n) is 6.12. The van der Waals surface area contributed by atoms with E-state index in [0.717, 1.165) is 20.9 Å². The molecule has 20 heavy (non-hydrogen) atoms. The number of thiophene rings is 1. The van der Waals surface area contributed by atoms with E-state index in [1.54, 1.807) is 25.4 Å². The largest absolute Gasteiger partial charge is 0.326 e. The van der Waals surface area contributed by atoms with Crippen molar-refractivity contribution >= 4 is 21.4 Å². The fraction of sp³-hybridized carbons (Fsp3) is 0.308. The summed E-state index contributed by atoms with van der Waals surface area (Å²) >= 11 is 1.41. The van der Waals surface area contributed by atoms with Gasteiger partial charge in [-0.2, -0.15) is 0 Å². The first kappa shape index (κ1) is 15.1. The quantitative estimate of drug-likeness (QED) is 0.880. The number of aromatic nitrogens is 1. The molecule has 2 rings (SSSR count). The lowest BCUT2D eigenvalue weighted by atomic mass is 10.2. The molecule has 0 fully saturated rings. The van der Waals surface area contributed by atoms with Gasteiger partial charge in [0, 0.05) is 35.2 Å². The van der Waals surface area contributed by atoms with Gasteiger partial charge in [-0.25, -0.2) is 13.1 Å². The summed E-state index contributed by atoms with van der Waals surface area (Å²) in [6, 6.07) is 3.49. The number of nitrogens with zero attached hydrogens (tertiary/aromatic N) is 1. The first-order chi connectivity index (χ1) is 9.44. The van der Waals surface area contributed by atoms with Crippen LogP contribution in [0.1, 0.15) is 20.9 Å². The normalized spacial score (nSPS) is 11.8. The molecular formula is C13H17N3O2S2. The monoisotopic (exact) mass is 311 g/mol. The highest BCUT2D eigenvalue weighted by Crippen LogP contribution is 2.25. The number of hydrogen-bond acceptors (Lipinski definition) is 5. The van der Waals surface area contributed by atoms with E-state index in [1.165, 1.54) is 11.3 Å². The van der Waals surface area contributed by atoms with Gasteiger partial charge in [-0.05, 0) is 37.1 Å². The predicted octanol–water partition coefficient (Wildman–Crippen LogP) is 1.70. The Hall–Kier alpha value is -1.28. The number of pyridine rings is 1. The Balaban J connectivity index is 2.19. The van der Waals surface area contributed by atoms with Crippen molar-refractivity contribution in [2.75, 3.05) is 0 Å². The Morgan fingerprint density at radius 1 is 1.40 bits per heavy atom. The molecule has 0 unspecified atom stereocenters. The molecule has 108 valence electrons. The van der Waals surface area contributed by atoms with Gasteiger partial charge in [-0.15, -0.1) is 11.3 Å². The molecule has 5 nitrogen and oxygen atoms in total. The zero-order valence-corrected chi connectivity index (χ0v) is 13.0. The standard InChI is InChI=1S/C13H17N3O2S2/c1-9-3-4-15-7-11(9)8-16-20(17,18)13-5-12(6-14)19-10(13)2/h3-5,7,16H,6,8,14H2,1-2H3. The van der Waals surface area contributed by atoms with Crippen LogP contribution < -0.4 is 10.5 Å². The van der Waals surface area contributed by atoms with Crippen LogP contribution in [-0.2, 0) is 23.1 Å². The molecule has 0 aromatic carbocycles. The molecule has 2 heterocycles. The van der Waals surface area contributed by atoms with Gasteiger partial charge in [0.05, 0.1) is 4.90 Å². The molecule has 2 aromatic heterocycles. The van der Waals surface area contributed by atoms with Gasteiger partial charge in [0.2, 0.25) is 10.0 Å². The molecule has 0 aliphatic carbocycles. The van der Waals surface area contributed by atoms with Crippen LogP contribution in [-0.4, -0.2) is 13.4 Å². The molecule has 0 saturated carbocycles. The van der Waals surface area contributed by atoms with Gasteiger partial charge in [0.1, 0.15) is 0 Å². The van der Waals surface area contributed by atoms with Crippen molar-refractivity contribution in [2.24, 2.45) is 5.73 Å². The van der Waals surface area contributed by atoms with E-state index in [9.17, 15) is 8.42 Å². The van der Waals surface area contributed by atoms with Crippen LogP contribution in [0.25, 0.3) is 0 Å². The Labute approximate surface area is 122 Å². The molecule has 2 aromatic rings. The fourth-order valence-electron chi connectivity index (χ4n) is 1.82. The lowest BCUT2D eigenvalue weighted by Crippen LogP contribution is -2.23. The Morgan fingerprint density at radius 3 is 2.75 bits per heavy atom. The molecule has 0 aliphatic heterocycles. The van der Waals surface area contributed by atoms with Gasteiger partial charge in [0.15, 0.2) is 0 Å². The maximum atomic E-state index is 12.3. The van der Waals surface area contributed by atoms with Crippen molar-refractivity contribution in [3.8, 4) is 0 Å². The third kappa shape index (κ3) is 3.24. The minimum Gasteiger partial charge on any atom is -0.326 e. The molecule has 0 radical (unpaired) electrons. The summed E-state index contributed by atoms with van der Waals surface area (Å²) in [6.07, 6.45) is 3.35. The minimum absolute atomic E-state index is 0.231. The second kappa shape index (κ2) is 6.01. The zero-order chi connectivity index (χ0) is 14.8. The van der Waals surface area contributed by atoms with Gasteiger partial charge >= 0.3 is 0 Å². The van der Waals surface area contributed by atoms with Crippen LogP contribution in [0.3, 0.4) is 0 Å². The number of nitrogens with two attached hydrogens (primary N) is 1. The predicted molar refractivity (Wildman–Crippen MR) is 79.9 cm³/mol. The highest BCUT2D eigenvalue weighted by Gasteiger charge is 2.19. The summed E-state index contributed by atoms with van der Waals surface area (Å²) in [6.45, 7) is 4.29. The Kier molecular flexibility index (Phi) is 4.54. The number of aryl methyl sites for hydroxylation is 2. The Morgan fingerprint density at radius 2 is 2.15 bits per heavy atom. The van der Waals surface area contributed by atoms with Crippen LogP contribution in [0.4, 0.5) is 0 Å². The summed E-state index contributed by atoms with van der Waals surface area (Å²) in [5.41, 5.74) is 7.42.